The molecule has 1 fully saturated rings. The average molecular weight is 232 g/mol. The molecule has 0 spiro atoms. The zero-order valence-electron chi connectivity index (χ0n) is 7.50. The van der Waals surface area contributed by atoms with Crippen LogP contribution in [0.1, 0.15) is 18.0 Å². The molecule has 2 rings (SSSR count). The first-order valence-electron chi connectivity index (χ1n) is 4.29. The average Bonchev–Trinajstić information content (AvgIpc) is 2.53. The molecule has 76 valence electrons. The summed E-state index contributed by atoms with van der Waals surface area (Å²) in [5, 5.41) is 3.85. The summed E-state index contributed by atoms with van der Waals surface area (Å²) >= 11 is 5.75. The molecule has 1 heterocycles. The van der Waals surface area contributed by atoms with Crippen LogP contribution in [0.3, 0.4) is 0 Å². The molecule has 1 aromatic rings. The van der Waals surface area contributed by atoms with Gasteiger partial charge in [-0.25, -0.2) is 0 Å². The van der Waals surface area contributed by atoms with E-state index in [0.29, 0.717) is 11.4 Å². The highest BCUT2D eigenvalue weighted by atomic mass is 35.5. The molecule has 0 radical (unpaired) electrons. The summed E-state index contributed by atoms with van der Waals surface area (Å²) in [6, 6.07) is 7.29. The molecule has 1 unspecified atom stereocenters. The van der Waals surface area contributed by atoms with Crippen LogP contribution < -0.4 is 5.32 Å². The SMILES string of the molecule is Cl.O=C1CCNC1c1ccc(Cl)cc1. The third-order valence-electron chi connectivity index (χ3n) is 2.25. The van der Waals surface area contributed by atoms with Gasteiger partial charge in [-0.05, 0) is 17.7 Å². The molecular formula is C10H11Cl2NO. The smallest absolute Gasteiger partial charge is 0.155 e. The van der Waals surface area contributed by atoms with E-state index in [1.54, 1.807) is 0 Å². The lowest BCUT2D eigenvalue weighted by atomic mass is 10.0. The molecular weight excluding hydrogens is 221 g/mol. The Labute approximate surface area is 94.1 Å². The van der Waals surface area contributed by atoms with Crippen LogP contribution in [0, 0.1) is 0 Å². The predicted molar refractivity (Wildman–Crippen MR) is 59.1 cm³/mol. The fraction of sp³-hybridized carbons (Fsp3) is 0.300. The summed E-state index contributed by atoms with van der Waals surface area (Å²) in [4.78, 5) is 11.4. The number of nitrogens with one attached hydrogen (secondary N) is 1. The lowest BCUT2D eigenvalue weighted by Crippen LogP contribution is -2.17. The Morgan fingerprint density at radius 2 is 1.93 bits per heavy atom. The van der Waals surface area contributed by atoms with Crippen molar-refractivity contribution < 1.29 is 4.79 Å². The molecule has 0 aliphatic carbocycles. The van der Waals surface area contributed by atoms with E-state index in [0.717, 1.165) is 12.1 Å². The number of halogens is 2. The fourth-order valence-corrected chi connectivity index (χ4v) is 1.68. The highest BCUT2D eigenvalue weighted by Gasteiger charge is 2.24. The van der Waals surface area contributed by atoms with Crippen molar-refractivity contribution in [2.75, 3.05) is 6.54 Å². The van der Waals surface area contributed by atoms with E-state index >= 15 is 0 Å². The third-order valence-corrected chi connectivity index (χ3v) is 2.50. The number of carbonyl (C=O) groups is 1. The Balaban J connectivity index is 0.000000980. The maximum absolute atomic E-state index is 11.4. The maximum atomic E-state index is 11.4. The van der Waals surface area contributed by atoms with E-state index in [4.69, 9.17) is 11.6 Å². The molecule has 1 aliphatic rings. The zero-order chi connectivity index (χ0) is 9.26. The third kappa shape index (κ3) is 2.27. The van der Waals surface area contributed by atoms with Crippen LogP contribution in [-0.2, 0) is 4.79 Å². The standard InChI is InChI=1S/C10H10ClNO.ClH/c11-8-3-1-7(2-4-8)10-9(13)5-6-12-10;/h1-4,10,12H,5-6H2;1H. The van der Waals surface area contributed by atoms with Gasteiger partial charge < -0.3 is 5.32 Å². The minimum atomic E-state index is -0.114. The molecule has 1 aliphatic heterocycles. The van der Waals surface area contributed by atoms with Gasteiger partial charge in [0.15, 0.2) is 5.78 Å². The number of rotatable bonds is 1. The minimum Gasteiger partial charge on any atom is -0.303 e. The van der Waals surface area contributed by atoms with E-state index in [2.05, 4.69) is 5.32 Å². The highest BCUT2D eigenvalue weighted by Crippen LogP contribution is 2.21. The van der Waals surface area contributed by atoms with Crippen LogP contribution in [0.25, 0.3) is 0 Å². The van der Waals surface area contributed by atoms with Crippen molar-refractivity contribution in [2.24, 2.45) is 0 Å². The molecule has 14 heavy (non-hydrogen) atoms. The topological polar surface area (TPSA) is 29.1 Å². The zero-order valence-corrected chi connectivity index (χ0v) is 9.07. The quantitative estimate of drug-likeness (QED) is 0.805. The van der Waals surface area contributed by atoms with E-state index in [1.165, 1.54) is 0 Å². The Morgan fingerprint density at radius 1 is 1.29 bits per heavy atom. The predicted octanol–water partition coefficient (Wildman–Crippen LogP) is 2.37. The Bertz CT molecular complexity index is 323. The first-order chi connectivity index (χ1) is 6.27. The lowest BCUT2D eigenvalue weighted by molar-refractivity contribution is -0.118. The molecule has 1 aromatic carbocycles. The molecule has 4 heteroatoms. The second-order valence-electron chi connectivity index (χ2n) is 3.16. The van der Waals surface area contributed by atoms with Crippen LogP contribution in [0.15, 0.2) is 24.3 Å². The van der Waals surface area contributed by atoms with Crippen molar-refractivity contribution in [1.29, 1.82) is 0 Å². The molecule has 0 aromatic heterocycles. The van der Waals surface area contributed by atoms with Crippen molar-refractivity contribution in [2.45, 2.75) is 12.5 Å². The molecule has 0 amide bonds. The summed E-state index contributed by atoms with van der Waals surface area (Å²) in [5.41, 5.74) is 1.01. The number of carbonyl (C=O) groups excluding carboxylic acids is 1. The second kappa shape index (κ2) is 4.78. The van der Waals surface area contributed by atoms with Crippen molar-refractivity contribution in [3.8, 4) is 0 Å². The first kappa shape index (κ1) is 11.5. The van der Waals surface area contributed by atoms with E-state index < -0.39 is 0 Å². The summed E-state index contributed by atoms with van der Waals surface area (Å²) < 4.78 is 0. The molecule has 1 saturated heterocycles. The largest absolute Gasteiger partial charge is 0.303 e. The molecule has 0 saturated carbocycles. The number of hydrogen-bond acceptors (Lipinski definition) is 2. The van der Waals surface area contributed by atoms with Crippen molar-refractivity contribution in [1.82, 2.24) is 5.32 Å². The Morgan fingerprint density at radius 3 is 2.43 bits per heavy atom. The number of benzene rings is 1. The van der Waals surface area contributed by atoms with E-state index in [9.17, 15) is 4.79 Å². The van der Waals surface area contributed by atoms with Crippen LogP contribution in [0.4, 0.5) is 0 Å². The summed E-state index contributed by atoms with van der Waals surface area (Å²) in [5.74, 6) is 0.266. The van der Waals surface area contributed by atoms with Gasteiger partial charge in [0.2, 0.25) is 0 Å². The van der Waals surface area contributed by atoms with Crippen molar-refractivity contribution >= 4 is 29.8 Å². The minimum absolute atomic E-state index is 0. The summed E-state index contributed by atoms with van der Waals surface area (Å²) in [7, 11) is 0. The first-order valence-corrected chi connectivity index (χ1v) is 4.67. The van der Waals surface area contributed by atoms with Crippen LogP contribution in [-0.4, -0.2) is 12.3 Å². The van der Waals surface area contributed by atoms with Gasteiger partial charge in [-0.3, -0.25) is 4.79 Å². The number of hydrogen-bond donors (Lipinski definition) is 1. The Hall–Kier alpha value is -0.570. The van der Waals surface area contributed by atoms with Gasteiger partial charge >= 0.3 is 0 Å². The van der Waals surface area contributed by atoms with Crippen molar-refractivity contribution in [3.63, 3.8) is 0 Å². The van der Waals surface area contributed by atoms with Crippen molar-refractivity contribution in [3.05, 3.63) is 34.9 Å². The van der Waals surface area contributed by atoms with Gasteiger partial charge in [0.1, 0.15) is 0 Å². The fourth-order valence-electron chi connectivity index (χ4n) is 1.56. The summed E-state index contributed by atoms with van der Waals surface area (Å²) in [6.45, 7) is 0.784. The van der Waals surface area contributed by atoms with E-state index in [1.807, 2.05) is 24.3 Å². The van der Waals surface area contributed by atoms with Gasteiger partial charge in [-0.1, -0.05) is 23.7 Å². The molecule has 1 atom stereocenters. The Kier molecular flexibility index (Phi) is 3.93. The second-order valence-corrected chi connectivity index (χ2v) is 3.59. The highest BCUT2D eigenvalue weighted by molar-refractivity contribution is 6.30. The summed E-state index contributed by atoms with van der Waals surface area (Å²) in [6.07, 6.45) is 0.632. The van der Waals surface area contributed by atoms with E-state index in [-0.39, 0.29) is 24.2 Å². The van der Waals surface area contributed by atoms with Gasteiger partial charge in [0.25, 0.3) is 0 Å². The van der Waals surface area contributed by atoms with Crippen LogP contribution in [0.2, 0.25) is 5.02 Å². The maximum Gasteiger partial charge on any atom is 0.155 e. The van der Waals surface area contributed by atoms with Gasteiger partial charge in [0.05, 0.1) is 6.04 Å². The lowest BCUT2D eigenvalue weighted by Gasteiger charge is -2.08. The molecule has 1 N–H and O–H groups in total. The molecule has 2 nitrogen and oxygen atoms in total. The number of Topliss-reactive ketones (excluding diaryl/α,β-unsaturated/α-hetero) is 1. The normalized spacial score (nSPS) is 20.6. The van der Waals surface area contributed by atoms with Gasteiger partial charge in [-0.15, -0.1) is 12.4 Å². The van der Waals surface area contributed by atoms with Gasteiger partial charge in [0, 0.05) is 18.0 Å². The van der Waals surface area contributed by atoms with Gasteiger partial charge in [-0.2, -0.15) is 0 Å². The number of ketones is 1. The monoisotopic (exact) mass is 231 g/mol. The van der Waals surface area contributed by atoms with Crippen LogP contribution >= 0.6 is 24.0 Å². The van der Waals surface area contributed by atoms with Crippen LogP contribution in [0.5, 0.6) is 0 Å². The molecule has 0 bridgehead atoms.